The number of allylic oxidation sites excluding steroid dienone is 1. The molecule has 7 heteroatoms. The lowest BCUT2D eigenvalue weighted by atomic mass is 9.88. The average Bonchev–Trinajstić information content (AvgIpc) is 3.62. The second-order valence-electron chi connectivity index (χ2n) is 9.89. The minimum absolute atomic E-state index is 0.0341. The monoisotopic (exact) mass is 456 g/mol. The van der Waals surface area contributed by atoms with Gasteiger partial charge < -0.3 is 10.6 Å². The molecule has 3 aliphatic rings. The molecular formula is C26H31F3N4. The molecule has 2 unspecified atom stereocenters. The standard InChI is InChI=1S/C26H31F3N4/c1-15-14-16(2)23(31-22(15)17-12-13-17)32-25-19-9-4-3-5-11-21(19)30-24(33-25)18-8-6-7-10-20(18)26(27,28)29/h6-8,10,15,17,22,31H,3-5,9,11-14H2,1-2H3,(H,30,32,33). The molecule has 2 heterocycles. The highest BCUT2D eigenvalue weighted by molar-refractivity contribution is 5.65. The molecule has 4 nitrogen and oxygen atoms in total. The molecule has 33 heavy (non-hydrogen) atoms. The van der Waals surface area contributed by atoms with Crippen LogP contribution in [0, 0.1) is 11.8 Å². The fraction of sp³-hybridized carbons (Fsp3) is 0.538. The van der Waals surface area contributed by atoms with E-state index in [0.29, 0.717) is 23.7 Å². The van der Waals surface area contributed by atoms with E-state index in [9.17, 15) is 13.2 Å². The van der Waals surface area contributed by atoms with Gasteiger partial charge in [0, 0.05) is 22.9 Å². The predicted octanol–water partition coefficient (Wildman–Crippen LogP) is 6.48. The second kappa shape index (κ2) is 8.65. The quantitative estimate of drug-likeness (QED) is 0.517. The number of hydrogen-bond acceptors (Lipinski definition) is 4. The number of nitrogens with zero attached hydrogens (tertiary/aromatic N) is 2. The van der Waals surface area contributed by atoms with Crippen molar-refractivity contribution in [1.82, 2.24) is 15.3 Å². The molecule has 0 radical (unpaired) electrons. The van der Waals surface area contributed by atoms with Crippen LogP contribution in [0.25, 0.3) is 11.4 Å². The Morgan fingerprint density at radius 2 is 1.79 bits per heavy atom. The van der Waals surface area contributed by atoms with Crippen molar-refractivity contribution < 1.29 is 13.2 Å². The number of fused-ring (bicyclic) bond motifs is 1. The summed E-state index contributed by atoms with van der Waals surface area (Å²) in [6.07, 6.45) is 3.79. The first-order valence-electron chi connectivity index (χ1n) is 12.1. The van der Waals surface area contributed by atoms with Crippen LogP contribution in [-0.4, -0.2) is 16.0 Å². The molecule has 2 N–H and O–H groups in total. The molecule has 2 aromatic rings. The maximum atomic E-state index is 13.7. The number of aryl methyl sites for hydroxylation is 1. The third kappa shape index (κ3) is 4.59. The Bertz CT molecular complexity index is 1070. The number of aromatic nitrogens is 2. The summed E-state index contributed by atoms with van der Waals surface area (Å²) < 4.78 is 41.2. The van der Waals surface area contributed by atoms with Crippen LogP contribution in [0.3, 0.4) is 0 Å². The van der Waals surface area contributed by atoms with E-state index in [2.05, 4.69) is 29.5 Å². The summed E-state index contributed by atoms with van der Waals surface area (Å²) >= 11 is 0. The van der Waals surface area contributed by atoms with Crippen molar-refractivity contribution in [2.24, 2.45) is 11.8 Å². The van der Waals surface area contributed by atoms with Crippen LogP contribution in [0.1, 0.15) is 69.2 Å². The van der Waals surface area contributed by atoms with Gasteiger partial charge in [-0.3, -0.25) is 0 Å². The van der Waals surface area contributed by atoms with Crippen molar-refractivity contribution in [3.05, 3.63) is 52.5 Å². The number of nitrogens with one attached hydrogen (secondary N) is 2. The minimum Gasteiger partial charge on any atom is -0.368 e. The van der Waals surface area contributed by atoms with E-state index < -0.39 is 11.7 Å². The van der Waals surface area contributed by atoms with Crippen LogP contribution in [0.15, 0.2) is 35.7 Å². The van der Waals surface area contributed by atoms with Gasteiger partial charge in [0.25, 0.3) is 0 Å². The summed E-state index contributed by atoms with van der Waals surface area (Å²) in [5.74, 6) is 3.04. The summed E-state index contributed by atoms with van der Waals surface area (Å²) in [5.41, 5.74) is 2.49. The van der Waals surface area contributed by atoms with Gasteiger partial charge in [-0.1, -0.05) is 31.5 Å². The van der Waals surface area contributed by atoms with Crippen molar-refractivity contribution in [3.63, 3.8) is 0 Å². The normalized spacial score (nSPS) is 23.5. The van der Waals surface area contributed by atoms with Crippen molar-refractivity contribution >= 4 is 5.82 Å². The molecule has 2 aliphatic carbocycles. The van der Waals surface area contributed by atoms with Crippen molar-refractivity contribution in [2.45, 2.75) is 77.4 Å². The van der Waals surface area contributed by atoms with E-state index in [-0.39, 0.29) is 11.4 Å². The first kappa shape index (κ1) is 22.2. The number of benzene rings is 1. The lowest BCUT2D eigenvalue weighted by molar-refractivity contribution is -0.137. The third-order valence-corrected chi connectivity index (χ3v) is 7.26. The largest absolute Gasteiger partial charge is 0.417 e. The highest BCUT2D eigenvalue weighted by Gasteiger charge is 2.38. The van der Waals surface area contributed by atoms with Crippen LogP contribution in [0.5, 0.6) is 0 Å². The summed E-state index contributed by atoms with van der Waals surface area (Å²) in [6.45, 7) is 4.41. The molecule has 1 fully saturated rings. The molecule has 1 aliphatic heterocycles. The number of alkyl halides is 3. The fourth-order valence-corrected chi connectivity index (χ4v) is 5.36. The maximum absolute atomic E-state index is 13.7. The van der Waals surface area contributed by atoms with Gasteiger partial charge in [0.1, 0.15) is 11.6 Å². The zero-order valence-corrected chi connectivity index (χ0v) is 19.2. The van der Waals surface area contributed by atoms with Gasteiger partial charge in [-0.05, 0) is 75.3 Å². The molecule has 0 bridgehead atoms. The molecule has 0 spiro atoms. The molecule has 176 valence electrons. The topological polar surface area (TPSA) is 49.8 Å². The lowest BCUT2D eigenvalue weighted by Crippen LogP contribution is -2.42. The number of hydrogen-bond donors (Lipinski definition) is 2. The fourth-order valence-electron chi connectivity index (χ4n) is 5.36. The molecule has 0 amide bonds. The molecular weight excluding hydrogens is 425 g/mol. The van der Waals surface area contributed by atoms with Gasteiger partial charge >= 0.3 is 6.18 Å². The van der Waals surface area contributed by atoms with Gasteiger partial charge in [-0.25, -0.2) is 9.97 Å². The highest BCUT2D eigenvalue weighted by Crippen LogP contribution is 2.41. The number of halogens is 3. The Labute approximate surface area is 193 Å². The third-order valence-electron chi connectivity index (χ3n) is 7.26. The van der Waals surface area contributed by atoms with Crippen molar-refractivity contribution in [2.75, 3.05) is 5.32 Å². The van der Waals surface area contributed by atoms with E-state index in [4.69, 9.17) is 4.98 Å². The van der Waals surface area contributed by atoms with Crippen molar-refractivity contribution in [1.29, 1.82) is 0 Å². The van der Waals surface area contributed by atoms with Crippen LogP contribution >= 0.6 is 0 Å². The lowest BCUT2D eigenvalue weighted by Gasteiger charge is -2.34. The van der Waals surface area contributed by atoms with Gasteiger partial charge in [-0.15, -0.1) is 0 Å². The smallest absolute Gasteiger partial charge is 0.368 e. The molecule has 0 saturated heterocycles. The zero-order valence-electron chi connectivity index (χ0n) is 19.2. The van der Waals surface area contributed by atoms with E-state index in [1.165, 1.54) is 30.5 Å². The summed E-state index contributed by atoms with van der Waals surface area (Å²) in [7, 11) is 0. The van der Waals surface area contributed by atoms with Gasteiger partial charge in [0.2, 0.25) is 0 Å². The SMILES string of the molecule is CC1=C(Nc2nc(-c3ccccc3C(F)(F)F)nc3c2CCCCC3)NC(C2CC2)C(C)C1. The maximum Gasteiger partial charge on any atom is 0.417 e. The Balaban J connectivity index is 1.57. The molecule has 5 rings (SSSR count). The number of anilines is 1. The second-order valence-corrected chi connectivity index (χ2v) is 9.89. The Kier molecular flexibility index (Phi) is 5.83. The summed E-state index contributed by atoms with van der Waals surface area (Å²) in [5, 5.41) is 7.23. The van der Waals surface area contributed by atoms with Crippen molar-refractivity contribution in [3.8, 4) is 11.4 Å². The van der Waals surface area contributed by atoms with E-state index >= 15 is 0 Å². The molecule has 1 saturated carbocycles. The predicted molar refractivity (Wildman–Crippen MR) is 123 cm³/mol. The highest BCUT2D eigenvalue weighted by atomic mass is 19.4. The Morgan fingerprint density at radius 1 is 1.03 bits per heavy atom. The van der Waals surface area contributed by atoms with Crippen LogP contribution in [0.4, 0.5) is 19.0 Å². The minimum atomic E-state index is -4.46. The van der Waals surface area contributed by atoms with Crippen LogP contribution in [0.2, 0.25) is 0 Å². The van der Waals surface area contributed by atoms with Crippen LogP contribution in [-0.2, 0) is 19.0 Å². The van der Waals surface area contributed by atoms with E-state index in [1.807, 2.05) is 0 Å². The first-order chi connectivity index (χ1) is 15.8. The van der Waals surface area contributed by atoms with Crippen LogP contribution < -0.4 is 10.6 Å². The Morgan fingerprint density at radius 3 is 2.55 bits per heavy atom. The van der Waals surface area contributed by atoms with Gasteiger partial charge in [-0.2, -0.15) is 13.2 Å². The average molecular weight is 457 g/mol. The number of rotatable bonds is 4. The molecule has 1 aromatic heterocycles. The van der Waals surface area contributed by atoms with Gasteiger partial charge in [0.15, 0.2) is 5.82 Å². The first-order valence-corrected chi connectivity index (χ1v) is 12.1. The zero-order chi connectivity index (χ0) is 23.2. The Hall–Kier alpha value is -2.57. The molecule has 2 atom stereocenters. The summed E-state index contributed by atoms with van der Waals surface area (Å²) in [4.78, 5) is 9.38. The van der Waals surface area contributed by atoms with E-state index in [1.54, 1.807) is 6.07 Å². The summed E-state index contributed by atoms with van der Waals surface area (Å²) in [6, 6.07) is 6.04. The van der Waals surface area contributed by atoms with Gasteiger partial charge in [0.05, 0.1) is 5.56 Å². The molecule has 1 aromatic carbocycles. The van der Waals surface area contributed by atoms with E-state index in [0.717, 1.165) is 61.7 Å².